The number of rotatable bonds is 4. The summed E-state index contributed by atoms with van der Waals surface area (Å²) in [7, 11) is 0. The molecule has 1 atom stereocenters. The van der Waals surface area contributed by atoms with E-state index in [1.807, 2.05) is 26.0 Å². The lowest BCUT2D eigenvalue weighted by Crippen LogP contribution is -2.17. The van der Waals surface area contributed by atoms with Gasteiger partial charge in [0.05, 0.1) is 5.02 Å². The van der Waals surface area contributed by atoms with E-state index >= 15 is 0 Å². The Bertz CT molecular complexity index is 613. The molecule has 1 unspecified atom stereocenters. The molecule has 2 nitrogen and oxygen atoms in total. The van der Waals surface area contributed by atoms with E-state index in [4.69, 9.17) is 22.1 Å². The van der Waals surface area contributed by atoms with Crippen molar-refractivity contribution in [3.63, 3.8) is 0 Å². The molecular weight excluding hydrogens is 277 g/mol. The van der Waals surface area contributed by atoms with Crippen molar-refractivity contribution in [1.29, 1.82) is 0 Å². The highest BCUT2D eigenvalue weighted by Gasteiger charge is 2.09. The van der Waals surface area contributed by atoms with Crippen LogP contribution in [0.3, 0.4) is 0 Å². The molecule has 0 fully saturated rings. The SMILES string of the molecule is Cc1ccc(Oc2ccc(CC(C)N)cc2F)c(Cl)c1. The molecule has 2 aromatic carbocycles. The van der Waals surface area contributed by atoms with Gasteiger partial charge in [0.25, 0.3) is 0 Å². The van der Waals surface area contributed by atoms with Crippen molar-refractivity contribution in [3.8, 4) is 11.5 Å². The van der Waals surface area contributed by atoms with E-state index in [-0.39, 0.29) is 11.8 Å². The monoisotopic (exact) mass is 293 g/mol. The third kappa shape index (κ3) is 3.71. The molecule has 0 bridgehead atoms. The van der Waals surface area contributed by atoms with Gasteiger partial charge in [0, 0.05) is 6.04 Å². The van der Waals surface area contributed by atoms with Crippen LogP contribution in [0, 0.1) is 12.7 Å². The van der Waals surface area contributed by atoms with Gasteiger partial charge in [-0.05, 0) is 55.7 Å². The largest absolute Gasteiger partial charge is 0.453 e. The molecule has 0 saturated carbocycles. The predicted octanol–water partition coefficient (Wildman–Crippen LogP) is 4.47. The summed E-state index contributed by atoms with van der Waals surface area (Å²) in [5.41, 5.74) is 7.57. The summed E-state index contributed by atoms with van der Waals surface area (Å²) in [5.74, 6) is 0.181. The van der Waals surface area contributed by atoms with E-state index in [1.54, 1.807) is 18.2 Å². The van der Waals surface area contributed by atoms with Crippen molar-refractivity contribution in [1.82, 2.24) is 0 Å². The van der Waals surface area contributed by atoms with Crippen molar-refractivity contribution >= 4 is 11.6 Å². The van der Waals surface area contributed by atoms with Gasteiger partial charge in [-0.2, -0.15) is 0 Å². The van der Waals surface area contributed by atoms with Crippen LogP contribution in [-0.4, -0.2) is 6.04 Å². The third-order valence-corrected chi connectivity index (χ3v) is 3.16. The first-order valence-electron chi connectivity index (χ1n) is 6.43. The molecule has 0 heterocycles. The van der Waals surface area contributed by atoms with Gasteiger partial charge in [0.1, 0.15) is 5.75 Å². The molecule has 20 heavy (non-hydrogen) atoms. The molecule has 0 aliphatic heterocycles. The average Bonchev–Trinajstić information content (AvgIpc) is 2.34. The second-order valence-electron chi connectivity index (χ2n) is 4.98. The number of halogens is 2. The Morgan fingerprint density at radius 2 is 1.90 bits per heavy atom. The van der Waals surface area contributed by atoms with Crippen molar-refractivity contribution in [2.75, 3.05) is 0 Å². The Morgan fingerprint density at radius 3 is 2.50 bits per heavy atom. The first kappa shape index (κ1) is 14.8. The number of aryl methyl sites for hydroxylation is 1. The fourth-order valence-corrected chi connectivity index (χ4v) is 2.21. The second kappa shape index (κ2) is 6.25. The highest BCUT2D eigenvalue weighted by atomic mass is 35.5. The molecule has 2 rings (SSSR count). The normalized spacial score (nSPS) is 12.2. The smallest absolute Gasteiger partial charge is 0.165 e. The van der Waals surface area contributed by atoms with Gasteiger partial charge >= 0.3 is 0 Å². The lowest BCUT2D eigenvalue weighted by Gasteiger charge is -2.11. The lowest BCUT2D eigenvalue weighted by molar-refractivity contribution is 0.441. The van der Waals surface area contributed by atoms with E-state index in [9.17, 15) is 4.39 Å². The van der Waals surface area contributed by atoms with Crippen LogP contribution in [0.5, 0.6) is 11.5 Å². The summed E-state index contributed by atoms with van der Waals surface area (Å²) in [6, 6.07) is 10.2. The Morgan fingerprint density at radius 1 is 1.20 bits per heavy atom. The molecule has 0 aliphatic rings. The van der Waals surface area contributed by atoms with Crippen LogP contribution in [0.25, 0.3) is 0 Å². The molecule has 106 valence electrons. The molecule has 4 heteroatoms. The standard InChI is InChI=1S/C16H17ClFNO/c1-10-3-5-15(13(17)7-10)20-16-6-4-12(8-11(2)19)9-14(16)18/h3-7,9,11H,8,19H2,1-2H3. The van der Waals surface area contributed by atoms with Crippen LogP contribution in [-0.2, 0) is 6.42 Å². The summed E-state index contributed by atoms with van der Waals surface area (Å²) in [5, 5.41) is 0.462. The van der Waals surface area contributed by atoms with Crippen molar-refractivity contribution in [3.05, 3.63) is 58.4 Å². The molecule has 0 amide bonds. The molecule has 0 aromatic heterocycles. The Balaban J connectivity index is 2.21. The van der Waals surface area contributed by atoms with Crippen LogP contribution in [0.15, 0.2) is 36.4 Å². The van der Waals surface area contributed by atoms with E-state index in [0.29, 0.717) is 17.2 Å². The quantitative estimate of drug-likeness (QED) is 0.902. The van der Waals surface area contributed by atoms with E-state index < -0.39 is 5.82 Å². The van der Waals surface area contributed by atoms with E-state index in [1.165, 1.54) is 6.07 Å². The summed E-state index contributed by atoms with van der Waals surface area (Å²) in [4.78, 5) is 0. The van der Waals surface area contributed by atoms with Gasteiger partial charge in [-0.25, -0.2) is 4.39 Å². The average molecular weight is 294 g/mol. The minimum Gasteiger partial charge on any atom is -0.453 e. The second-order valence-corrected chi connectivity index (χ2v) is 5.39. The fourth-order valence-electron chi connectivity index (χ4n) is 1.93. The van der Waals surface area contributed by atoms with Crippen molar-refractivity contribution in [2.24, 2.45) is 5.73 Å². The molecule has 0 aliphatic carbocycles. The first-order chi connectivity index (χ1) is 9.45. The van der Waals surface area contributed by atoms with Gasteiger partial charge in [0.15, 0.2) is 11.6 Å². The number of hydrogen-bond donors (Lipinski definition) is 1. The summed E-state index contributed by atoms with van der Waals surface area (Å²) in [6.07, 6.45) is 0.627. The van der Waals surface area contributed by atoms with Gasteiger partial charge in [-0.1, -0.05) is 23.7 Å². The van der Waals surface area contributed by atoms with Crippen LogP contribution < -0.4 is 10.5 Å². The summed E-state index contributed by atoms with van der Waals surface area (Å²) < 4.78 is 19.5. The van der Waals surface area contributed by atoms with Crippen LogP contribution in [0.2, 0.25) is 5.02 Å². The molecular formula is C16H17ClFNO. The van der Waals surface area contributed by atoms with Gasteiger partial charge in [-0.15, -0.1) is 0 Å². The summed E-state index contributed by atoms with van der Waals surface area (Å²) >= 11 is 6.07. The first-order valence-corrected chi connectivity index (χ1v) is 6.81. The van der Waals surface area contributed by atoms with Gasteiger partial charge in [0.2, 0.25) is 0 Å². The number of hydrogen-bond acceptors (Lipinski definition) is 2. The summed E-state index contributed by atoms with van der Waals surface area (Å²) in [6.45, 7) is 3.81. The zero-order chi connectivity index (χ0) is 14.7. The van der Waals surface area contributed by atoms with Crippen LogP contribution >= 0.6 is 11.6 Å². The van der Waals surface area contributed by atoms with E-state index in [0.717, 1.165) is 11.1 Å². The fraction of sp³-hybridized carbons (Fsp3) is 0.250. The Labute approximate surface area is 123 Å². The molecule has 0 saturated heterocycles. The van der Waals surface area contributed by atoms with Crippen molar-refractivity contribution < 1.29 is 9.13 Å². The third-order valence-electron chi connectivity index (χ3n) is 2.86. The maximum atomic E-state index is 14.0. The van der Waals surface area contributed by atoms with Crippen molar-refractivity contribution in [2.45, 2.75) is 26.3 Å². The van der Waals surface area contributed by atoms with Crippen LogP contribution in [0.4, 0.5) is 4.39 Å². The van der Waals surface area contributed by atoms with Crippen LogP contribution in [0.1, 0.15) is 18.1 Å². The zero-order valence-corrected chi connectivity index (χ0v) is 12.2. The molecule has 2 N–H and O–H groups in total. The highest BCUT2D eigenvalue weighted by molar-refractivity contribution is 6.32. The number of benzene rings is 2. The molecule has 0 radical (unpaired) electrons. The number of nitrogens with two attached hydrogens (primary N) is 1. The van der Waals surface area contributed by atoms with E-state index in [2.05, 4.69) is 0 Å². The Kier molecular flexibility index (Phi) is 4.63. The van der Waals surface area contributed by atoms with Gasteiger partial charge in [-0.3, -0.25) is 0 Å². The lowest BCUT2D eigenvalue weighted by atomic mass is 10.1. The topological polar surface area (TPSA) is 35.2 Å². The predicted molar refractivity (Wildman–Crippen MR) is 80.0 cm³/mol. The minimum absolute atomic E-state index is 0.00675. The van der Waals surface area contributed by atoms with Gasteiger partial charge < -0.3 is 10.5 Å². The molecule has 2 aromatic rings. The maximum Gasteiger partial charge on any atom is 0.165 e. The highest BCUT2D eigenvalue weighted by Crippen LogP contribution is 2.31. The Hall–Kier alpha value is -1.58. The zero-order valence-electron chi connectivity index (χ0n) is 11.5. The number of ether oxygens (including phenoxy) is 1. The minimum atomic E-state index is -0.417. The molecule has 0 spiro atoms. The maximum absolute atomic E-state index is 14.0.